The monoisotopic (exact) mass is 482 g/mol. The van der Waals surface area contributed by atoms with E-state index < -0.39 is 0 Å². The van der Waals surface area contributed by atoms with Crippen LogP contribution in [-0.4, -0.2) is 63.4 Å². The number of benzene rings is 1. The van der Waals surface area contributed by atoms with Gasteiger partial charge in [-0.15, -0.1) is 0 Å². The first kappa shape index (κ1) is 22.1. The van der Waals surface area contributed by atoms with Crippen LogP contribution in [0.1, 0.15) is 18.5 Å². The number of rotatable bonds is 7. The molecule has 1 aliphatic heterocycles. The number of carbonyl (C=O) groups excluding carboxylic acids is 1. The third-order valence-corrected chi connectivity index (χ3v) is 7.20. The van der Waals surface area contributed by atoms with Gasteiger partial charge in [0.25, 0.3) is 0 Å². The standard InChI is InChI=1S/C22H26N8OS2/c1-14-13-18(33-28-14)24-20-25-21(30-11-9-29(2)10-12-30)27-22(26-20)32-17-7-5-16(6-8-17)23-19(31)15-3-4-15/h5-8,13,15H,3-4,9-12H2,1-2H3,(H,23,31)(H,24,25,26,27). The molecule has 1 saturated heterocycles. The second kappa shape index (κ2) is 9.62. The molecule has 2 N–H and O–H groups in total. The number of amides is 1. The van der Waals surface area contributed by atoms with Crippen molar-refractivity contribution in [3.8, 4) is 0 Å². The summed E-state index contributed by atoms with van der Waals surface area (Å²) in [5, 5.41) is 7.78. The normalized spacial score (nSPS) is 16.6. The molecule has 0 unspecified atom stereocenters. The molecule has 0 radical (unpaired) electrons. The number of nitrogens with one attached hydrogen (secondary N) is 2. The summed E-state index contributed by atoms with van der Waals surface area (Å²) >= 11 is 2.86. The highest BCUT2D eigenvalue weighted by molar-refractivity contribution is 7.99. The molecule has 0 bridgehead atoms. The van der Waals surface area contributed by atoms with Crippen LogP contribution in [0.3, 0.4) is 0 Å². The number of nitrogens with zero attached hydrogens (tertiary/aromatic N) is 6. The maximum absolute atomic E-state index is 12.0. The van der Waals surface area contributed by atoms with Crippen molar-refractivity contribution < 1.29 is 4.79 Å². The first-order valence-electron chi connectivity index (χ1n) is 11.0. The van der Waals surface area contributed by atoms with Crippen molar-refractivity contribution in [1.82, 2.24) is 24.2 Å². The van der Waals surface area contributed by atoms with E-state index in [1.807, 2.05) is 37.3 Å². The van der Waals surface area contributed by atoms with Crippen LogP contribution in [0.4, 0.5) is 22.6 Å². The van der Waals surface area contributed by atoms with Gasteiger partial charge in [-0.25, -0.2) is 0 Å². The fourth-order valence-corrected chi connectivity index (χ4v) is 4.83. The van der Waals surface area contributed by atoms with Gasteiger partial charge < -0.3 is 20.4 Å². The minimum absolute atomic E-state index is 0.110. The summed E-state index contributed by atoms with van der Waals surface area (Å²) in [6.07, 6.45) is 1.98. The number of anilines is 4. The molecule has 5 rings (SSSR count). The minimum atomic E-state index is 0.110. The van der Waals surface area contributed by atoms with Crippen LogP contribution >= 0.6 is 23.3 Å². The lowest BCUT2D eigenvalue weighted by molar-refractivity contribution is -0.117. The van der Waals surface area contributed by atoms with Crippen LogP contribution in [-0.2, 0) is 4.79 Å². The van der Waals surface area contributed by atoms with Crippen LogP contribution in [0, 0.1) is 12.8 Å². The number of aromatic nitrogens is 4. The Morgan fingerprint density at radius 3 is 2.52 bits per heavy atom. The molecule has 9 nitrogen and oxygen atoms in total. The molecule has 1 aliphatic carbocycles. The van der Waals surface area contributed by atoms with E-state index in [4.69, 9.17) is 4.98 Å². The smallest absolute Gasteiger partial charge is 0.233 e. The highest BCUT2D eigenvalue weighted by Gasteiger charge is 2.29. The minimum Gasteiger partial charge on any atom is -0.338 e. The molecule has 2 fully saturated rings. The Morgan fingerprint density at radius 2 is 1.85 bits per heavy atom. The van der Waals surface area contributed by atoms with E-state index in [2.05, 4.69) is 41.8 Å². The third kappa shape index (κ3) is 5.79. The third-order valence-electron chi connectivity index (χ3n) is 5.53. The summed E-state index contributed by atoms with van der Waals surface area (Å²) in [4.78, 5) is 31.6. The molecule has 1 amide bonds. The molecule has 0 atom stereocenters. The summed E-state index contributed by atoms with van der Waals surface area (Å²) < 4.78 is 4.32. The lowest BCUT2D eigenvalue weighted by Crippen LogP contribution is -2.45. The zero-order valence-corrected chi connectivity index (χ0v) is 20.2. The van der Waals surface area contributed by atoms with E-state index in [1.165, 1.54) is 23.3 Å². The van der Waals surface area contributed by atoms with Gasteiger partial charge in [0.1, 0.15) is 5.00 Å². The summed E-state index contributed by atoms with van der Waals surface area (Å²) in [5.74, 6) is 1.49. The highest BCUT2D eigenvalue weighted by atomic mass is 32.2. The number of carbonyl (C=O) groups is 1. The van der Waals surface area contributed by atoms with Crippen molar-refractivity contribution in [3.05, 3.63) is 36.0 Å². The molecular weight excluding hydrogens is 456 g/mol. The van der Waals surface area contributed by atoms with E-state index in [1.54, 1.807) is 0 Å². The number of likely N-dealkylation sites (N-methyl/N-ethyl adjacent to an activating group) is 1. The van der Waals surface area contributed by atoms with E-state index in [-0.39, 0.29) is 11.8 Å². The molecule has 3 aromatic rings. The van der Waals surface area contributed by atoms with Gasteiger partial charge in [-0.2, -0.15) is 19.3 Å². The Balaban J connectivity index is 1.35. The van der Waals surface area contributed by atoms with E-state index >= 15 is 0 Å². The van der Waals surface area contributed by atoms with Gasteiger partial charge in [-0.3, -0.25) is 4.79 Å². The summed E-state index contributed by atoms with van der Waals surface area (Å²) in [7, 11) is 2.13. The van der Waals surface area contributed by atoms with Crippen molar-refractivity contribution in [1.29, 1.82) is 0 Å². The summed E-state index contributed by atoms with van der Waals surface area (Å²) in [6, 6.07) is 9.78. The Labute approximate surface area is 201 Å². The number of aryl methyl sites for hydroxylation is 1. The predicted molar refractivity (Wildman–Crippen MR) is 132 cm³/mol. The van der Waals surface area contributed by atoms with Gasteiger partial charge in [0.2, 0.25) is 17.8 Å². The Kier molecular flexibility index (Phi) is 6.43. The van der Waals surface area contributed by atoms with Gasteiger partial charge in [-0.1, -0.05) is 0 Å². The van der Waals surface area contributed by atoms with Crippen molar-refractivity contribution in [3.63, 3.8) is 0 Å². The van der Waals surface area contributed by atoms with Crippen LogP contribution < -0.4 is 15.5 Å². The maximum Gasteiger partial charge on any atom is 0.233 e. The van der Waals surface area contributed by atoms with Crippen LogP contribution in [0.2, 0.25) is 0 Å². The quantitative estimate of drug-likeness (QED) is 0.523. The van der Waals surface area contributed by atoms with Crippen molar-refractivity contribution in [2.24, 2.45) is 5.92 Å². The molecule has 33 heavy (non-hydrogen) atoms. The molecular formula is C22H26N8OS2. The van der Waals surface area contributed by atoms with Crippen molar-refractivity contribution in [2.45, 2.75) is 29.8 Å². The summed E-state index contributed by atoms with van der Waals surface area (Å²) in [5.41, 5.74) is 1.77. The number of piperazine rings is 1. The predicted octanol–water partition coefficient (Wildman–Crippen LogP) is 3.63. The highest BCUT2D eigenvalue weighted by Crippen LogP contribution is 2.32. The second-order valence-electron chi connectivity index (χ2n) is 8.38. The Morgan fingerprint density at radius 1 is 1.09 bits per heavy atom. The van der Waals surface area contributed by atoms with Crippen molar-refractivity contribution in [2.75, 3.05) is 48.8 Å². The molecule has 3 heterocycles. The van der Waals surface area contributed by atoms with Gasteiger partial charge in [0.05, 0.1) is 5.69 Å². The molecule has 172 valence electrons. The lowest BCUT2D eigenvalue weighted by atomic mass is 10.3. The topological polar surface area (TPSA) is 99.2 Å². The fraction of sp³-hybridized carbons (Fsp3) is 0.409. The van der Waals surface area contributed by atoms with Gasteiger partial charge in [0.15, 0.2) is 5.16 Å². The van der Waals surface area contributed by atoms with E-state index in [0.717, 1.165) is 60.3 Å². The van der Waals surface area contributed by atoms with Crippen molar-refractivity contribution >= 4 is 51.8 Å². The average molecular weight is 483 g/mol. The van der Waals surface area contributed by atoms with Crippen LogP contribution in [0.15, 0.2) is 40.4 Å². The largest absolute Gasteiger partial charge is 0.338 e. The fourth-order valence-electron chi connectivity index (χ4n) is 3.43. The van der Waals surface area contributed by atoms with Gasteiger partial charge >= 0.3 is 0 Å². The number of hydrogen-bond donors (Lipinski definition) is 2. The lowest BCUT2D eigenvalue weighted by Gasteiger charge is -2.32. The zero-order chi connectivity index (χ0) is 22.8. The number of hydrogen-bond acceptors (Lipinski definition) is 10. The zero-order valence-electron chi connectivity index (χ0n) is 18.6. The molecule has 2 aliphatic rings. The molecule has 1 aromatic carbocycles. The maximum atomic E-state index is 12.0. The molecule has 2 aromatic heterocycles. The van der Waals surface area contributed by atoms with Crippen LogP contribution in [0.25, 0.3) is 0 Å². The molecule has 11 heteroatoms. The van der Waals surface area contributed by atoms with Gasteiger partial charge in [0, 0.05) is 42.7 Å². The second-order valence-corrected chi connectivity index (χ2v) is 10.2. The van der Waals surface area contributed by atoms with Crippen LogP contribution in [0.5, 0.6) is 0 Å². The first-order valence-corrected chi connectivity index (χ1v) is 12.6. The van der Waals surface area contributed by atoms with E-state index in [9.17, 15) is 4.79 Å². The summed E-state index contributed by atoms with van der Waals surface area (Å²) in [6.45, 7) is 5.65. The van der Waals surface area contributed by atoms with E-state index in [0.29, 0.717) is 17.1 Å². The molecule has 1 saturated carbocycles. The van der Waals surface area contributed by atoms with Gasteiger partial charge in [-0.05, 0) is 80.4 Å². The first-order chi connectivity index (χ1) is 16.0. The Hall–Kier alpha value is -2.76. The molecule has 0 spiro atoms. The Bertz CT molecular complexity index is 1120. The SMILES string of the molecule is Cc1cc(Nc2nc(Sc3ccc(NC(=O)C4CC4)cc3)nc(N3CCN(C)CC3)n2)sn1. The average Bonchev–Trinajstić information content (AvgIpc) is 3.58.